The third-order valence-corrected chi connectivity index (χ3v) is 3.36. The van der Waals surface area contributed by atoms with Gasteiger partial charge >= 0.3 is 0 Å². The quantitative estimate of drug-likeness (QED) is 0.704. The average molecular weight is 222 g/mol. The topological polar surface area (TPSA) is 44.1 Å². The van der Waals surface area contributed by atoms with Gasteiger partial charge in [-0.15, -0.1) is 0 Å². The van der Waals surface area contributed by atoms with Gasteiger partial charge in [0.25, 0.3) is 0 Å². The average Bonchev–Trinajstić information content (AvgIpc) is 2.27. The molecule has 1 aromatic carbocycles. The molecule has 0 aliphatic rings. The molecule has 0 heterocycles. The summed E-state index contributed by atoms with van der Waals surface area (Å²) in [5, 5.41) is 8.45. The maximum Gasteiger partial charge on any atom is 0.0863 e. The molecule has 15 heavy (non-hydrogen) atoms. The highest BCUT2D eigenvalue weighted by Gasteiger charge is 2.04. The van der Waals surface area contributed by atoms with Crippen LogP contribution in [0.1, 0.15) is 0 Å². The Morgan fingerprint density at radius 2 is 2.07 bits per heavy atom. The van der Waals surface area contributed by atoms with Gasteiger partial charge in [0.2, 0.25) is 0 Å². The van der Waals surface area contributed by atoms with E-state index >= 15 is 0 Å². The molecule has 0 N–H and O–H groups in total. The zero-order chi connectivity index (χ0) is 11.1. The Morgan fingerprint density at radius 3 is 2.67 bits per heavy atom. The normalized spacial score (nSPS) is 12.3. The Labute approximate surface area is 92.8 Å². The highest BCUT2D eigenvalue weighted by molar-refractivity contribution is 7.85. The first kappa shape index (κ1) is 11.9. The van der Waals surface area contributed by atoms with Crippen molar-refractivity contribution in [1.29, 1.82) is 5.26 Å². The van der Waals surface area contributed by atoms with Crippen molar-refractivity contribution >= 4 is 10.8 Å². The molecule has 1 rings (SSSR count). The standard InChI is InChI=1S/C11H14N2OS/c1-13(8-7-12)9-10-15(14)11-5-3-2-4-6-11/h2-6H,8-10H2,1H3. The van der Waals surface area contributed by atoms with Crippen molar-refractivity contribution < 1.29 is 4.21 Å². The van der Waals surface area contributed by atoms with Crippen LogP contribution < -0.4 is 0 Å². The zero-order valence-corrected chi connectivity index (χ0v) is 9.54. The minimum absolute atomic E-state index is 0.381. The summed E-state index contributed by atoms with van der Waals surface area (Å²) < 4.78 is 11.8. The zero-order valence-electron chi connectivity index (χ0n) is 8.72. The molecule has 0 fully saturated rings. The second kappa shape index (κ2) is 6.33. The number of nitrogens with zero attached hydrogens (tertiary/aromatic N) is 2. The Morgan fingerprint density at radius 1 is 1.40 bits per heavy atom. The van der Waals surface area contributed by atoms with Crippen LogP contribution in [0, 0.1) is 11.3 Å². The predicted octanol–water partition coefficient (Wildman–Crippen LogP) is 1.25. The monoisotopic (exact) mass is 222 g/mol. The fourth-order valence-corrected chi connectivity index (χ4v) is 2.30. The molecule has 0 aliphatic carbocycles. The summed E-state index contributed by atoms with van der Waals surface area (Å²) in [6, 6.07) is 11.4. The van der Waals surface area contributed by atoms with Gasteiger partial charge in [0.1, 0.15) is 0 Å². The second-order valence-corrected chi connectivity index (χ2v) is 4.83. The first-order valence-electron chi connectivity index (χ1n) is 4.73. The molecule has 0 aliphatic heterocycles. The lowest BCUT2D eigenvalue weighted by Crippen LogP contribution is -2.24. The van der Waals surface area contributed by atoms with Gasteiger partial charge in [-0.1, -0.05) is 18.2 Å². The lowest BCUT2D eigenvalue weighted by molar-refractivity contribution is 0.398. The van der Waals surface area contributed by atoms with Crippen LogP contribution in [0.25, 0.3) is 0 Å². The summed E-state index contributed by atoms with van der Waals surface area (Å²) in [6.07, 6.45) is 0. The fourth-order valence-electron chi connectivity index (χ4n) is 1.13. The van der Waals surface area contributed by atoms with E-state index in [1.54, 1.807) is 0 Å². The molecule has 4 heteroatoms. The van der Waals surface area contributed by atoms with Crippen LogP contribution in [0.4, 0.5) is 0 Å². The second-order valence-electron chi connectivity index (χ2n) is 3.26. The molecule has 0 spiro atoms. The Kier molecular flexibility index (Phi) is 5.02. The van der Waals surface area contributed by atoms with Crippen LogP contribution in [0.5, 0.6) is 0 Å². The number of hydrogen-bond acceptors (Lipinski definition) is 3. The summed E-state index contributed by atoms with van der Waals surface area (Å²) in [7, 11) is 0.894. The molecule has 0 radical (unpaired) electrons. The Hall–Kier alpha value is -1.18. The van der Waals surface area contributed by atoms with Crippen LogP contribution >= 0.6 is 0 Å². The van der Waals surface area contributed by atoms with Crippen LogP contribution in [-0.2, 0) is 10.8 Å². The van der Waals surface area contributed by atoms with Gasteiger partial charge < -0.3 is 0 Å². The maximum absolute atomic E-state index is 11.8. The van der Waals surface area contributed by atoms with Crippen LogP contribution in [-0.4, -0.2) is 35.0 Å². The van der Waals surface area contributed by atoms with E-state index in [9.17, 15) is 4.21 Å². The van der Waals surface area contributed by atoms with E-state index in [1.165, 1.54) is 0 Å². The number of benzene rings is 1. The third kappa shape index (κ3) is 4.24. The van der Waals surface area contributed by atoms with Crippen LogP contribution in [0.15, 0.2) is 35.2 Å². The van der Waals surface area contributed by atoms with Gasteiger partial charge in [0.15, 0.2) is 0 Å². The summed E-state index contributed by atoms with van der Waals surface area (Å²) >= 11 is 0. The molecule has 0 bridgehead atoms. The largest absolute Gasteiger partial charge is 0.293 e. The molecule has 3 nitrogen and oxygen atoms in total. The van der Waals surface area contributed by atoms with Gasteiger partial charge in [-0.3, -0.25) is 9.11 Å². The van der Waals surface area contributed by atoms with Gasteiger partial charge in [-0.05, 0) is 19.2 Å². The van der Waals surface area contributed by atoms with Crippen molar-refractivity contribution in [3.8, 4) is 6.07 Å². The van der Waals surface area contributed by atoms with E-state index in [1.807, 2.05) is 42.3 Å². The highest BCUT2D eigenvalue weighted by atomic mass is 32.2. The van der Waals surface area contributed by atoms with E-state index < -0.39 is 10.8 Å². The lowest BCUT2D eigenvalue weighted by Gasteiger charge is -2.11. The van der Waals surface area contributed by atoms with E-state index in [4.69, 9.17) is 5.26 Å². The van der Waals surface area contributed by atoms with Crippen molar-refractivity contribution in [1.82, 2.24) is 4.90 Å². The SMILES string of the molecule is CN(CC#N)CCS(=O)c1ccccc1. The molecule has 0 aromatic heterocycles. The summed E-state index contributed by atoms with van der Waals surface area (Å²) in [5.74, 6) is 0.572. The maximum atomic E-state index is 11.8. The van der Waals surface area contributed by atoms with E-state index in [2.05, 4.69) is 6.07 Å². The van der Waals surface area contributed by atoms with E-state index in [0.717, 1.165) is 4.90 Å². The summed E-state index contributed by atoms with van der Waals surface area (Å²) in [4.78, 5) is 2.71. The molecule has 0 saturated carbocycles. The molecule has 1 atom stereocenters. The van der Waals surface area contributed by atoms with Crippen LogP contribution in [0.2, 0.25) is 0 Å². The van der Waals surface area contributed by atoms with Gasteiger partial charge in [-0.25, -0.2) is 0 Å². The van der Waals surface area contributed by atoms with Crippen molar-refractivity contribution in [3.05, 3.63) is 30.3 Å². The Bertz CT molecular complexity index is 359. The molecule has 0 saturated heterocycles. The van der Waals surface area contributed by atoms with Crippen molar-refractivity contribution in [2.24, 2.45) is 0 Å². The summed E-state index contributed by atoms with van der Waals surface area (Å²) in [6.45, 7) is 1.06. The predicted molar refractivity (Wildman–Crippen MR) is 60.8 cm³/mol. The first-order valence-corrected chi connectivity index (χ1v) is 6.05. The molecule has 1 unspecified atom stereocenters. The molecular formula is C11H14N2OS. The summed E-state index contributed by atoms with van der Waals surface area (Å²) in [5.41, 5.74) is 0. The number of nitriles is 1. The first-order chi connectivity index (χ1) is 7.24. The molecule has 1 aromatic rings. The van der Waals surface area contributed by atoms with Gasteiger partial charge in [0.05, 0.1) is 23.4 Å². The Balaban J connectivity index is 2.41. The molecule has 80 valence electrons. The smallest absolute Gasteiger partial charge is 0.0863 e. The van der Waals surface area contributed by atoms with Gasteiger partial charge in [-0.2, -0.15) is 5.26 Å². The fraction of sp³-hybridized carbons (Fsp3) is 0.364. The van der Waals surface area contributed by atoms with Crippen molar-refractivity contribution in [2.75, 3.05) is 25.9 Å². The highest BCUT2D eigenvalue weighted by Crippen LogP contribution is 2.05. The molecular weight excluding hydrogens is 208 g/mol. The van der Waals surface area contributed by atoms with E-state index in [0.29, 0.717) is 18.8 Å². The van der Waals surface area contributed by atoms with Gasteiger partial charge in [0, 0.05) is 17.2 Å². The lowest BCUT2D eigenvalue weighted by atomic mass is 10.4. The van der Waals surface area contributed by atoms with Crippen molar-refractivity contribution in [2.45, 2.75) is 4.90 Å². The molecule has 0 amide bonds. The minimum Gasteiger partial charge on any atom is -0.293 e. The number of rotatable bonds is 5. The van der Waals surface area contributed by atoms with Crippen molar-refractivity contribution in [3.63, 3.8) is 0 Å². The minimum atomic E-state index is -0.959. The number of hydrogen-bond donors (Lipinski definition) is 0. The van der Waals surface area contributed by atoms with E-state index in [-0.39, 0.29) is 0 Å². The van der Waals surface area contributed by atoms with Crippen LogP contribution in [0.3, 0.4) is 0 Å². The third-order valence-electron chi connectivity index (χ3n) is 2.01.